The maximum atomic E-state index is 13.1. The third kappa shape index (κ3) is 2.66. The third-order valence-electron chi connectivity index (χ3n) is 3.78. The van der Waals surface area contributed by atoms with E-state index in [0.29, 0.717) is 16.2 Å². The zero-order chi connectivity index (χ0) is 17.6. The molecule has 10 heteroatoms. The number of halogens is 1. The van der Waals surface area contributed by atoms with Gasteiger partial charge in [0.15, 0.2) is 6.04 Å². The molecule has 3 aromatic rings. The molecular formula is C15H10FN5O3S. The number of hydrazone groups is 1. The summed E-state index contributed by atoms with van der Waals surface area (Å²) in [6.07, 6.45) is 2.81. The number of nitrogens with zero attached hydrogens (tertiary/aromatic N) is 5. The fraction of sp³-hybridized carbons (Fsp3) is 0.133. The highest BCUT2D eigenvalue weighted by molar-refractivity contribution is 7.14. The summed E-state index contributed by atoms with van der Waals surface area (Å²) in [5.74, 6) is -1.45. The van der Waals surface area contributed by atoms with Crippen molar-refractivity contribution in [1.82, 2.24) is 19.6 Å². The Bertz CT molecular complexity index is 1100. The number of rotatable bonds is 3. The molecule has 0 saturated carbocycles. The molecule has 0 unspecified atom stereocenters. The highest BCUT2D eigenvalue weighted by Gasteiger charge is 2.32. The predicted molar refractivity (Wildman–Crippen MR) is 87.6 cm³/mol. The van der Waals surface area contributed by atoms with E-state index in [9.17, 15) is 19.1 Å². The third-order valence-corrected chi connectivity index (χ3v) is 4.74. The van der Waals surface area contributed by atoms with E-state index in [-0.39, 0.29) is 22.3 Å². The maximum Gasteiger partial charge on any atom is 0.328 e. The van der Waals surface area contributed by atoms with Crippen LogP contribution in [0.1, 0.15) is 12.0 Å². The molecule has 0 amide bonds. The van der Waals surface area contributed by atoms with Gasteiger partial charge in [0, 0.05) is 12.6 Å². The predicted octanol–water partition coefficient (Wildman–Crippen LogP) is 0.310. The molecule has 1 atom stereocenters. The van der Waals surface area contributed by atoms with Crippen molar-refractivity contribution >= 4 is 34.2 Å². The van der Waals surface area contributed by atoms with E-state index in [4.69, 9.17) is 0 Å². The molecule has 0 saturated heterocycles. The fourth-order valence-electron chi connectivity index (χ4n) is 2.55. The van der Waals surface area contributed by atoms with Gasteiger partial charge >= 0.3 is 5.97 Å². The van der Waals surface area contributed by atoms with Crippen LogP contribution in [-0.2, 0) is 4.79 Å². The first-order valence-electron chi connectivity index (χ1n) is 7.22. The van der Waals surface area contributed by atoms with Gasteiger partial charge in [0.1, 0.15) is 16.7 Å². The van der Waals surface area contributed by atoms with Gasteiger partial charge in [-0.05, 0) is 17.7 Å². The first-order chi connectivity index (χ1) is 12.0. The van der Waals surface area contributed by atoms with Gasteiger partial charge in [-0.3, -0.25) is 9.80 Å². The second-order valence-electron chi connectivity index (χ2n) is 5.35. The molecule has 4 rings (SSSR count). The lowest BCUT2D eigenvalue weighted by Gasteiger charge is -2.14. The smallest absolute Gasteiger partial charge is 0.328 e. The van der Waals surface area contributed by atoms with Crippen LogP contribution >= 0.6 is 11.3 Å². The molecule has 0 aliphatic carbocycles. The Hall–Kier alpha value is -3.14. The molecule has 1 aliphatic rings. The van der Waals surface area contributed by atoms with Crippen LogP contribution in [-0.4, -0.2) is 42.4 Å². The van der Waals surface area contributed by atoms with E-state index >= 15 is 0 Å². The van der Waals surface area contributed by atoms with Crippen LogP contribution in [0, 0.1) is 5.82 Å². The van der Waals surface area contributed by atoms with Gasteiger partial charge in [0.2, 0.25) is 4.96 Å². The number of aromatic nitrogens is 3. The molecule has 0 fully saturated rings. The van der Waals surface area contributed by atoms with Crippen molar-refractivity contribution in [2.24, 2.45) is 5.10 Å². The Balaban J connectivity index is 1.77. The zero-order valence-corrected chi connectivity index (χ0v) is 13.4. The van der Waals surface area contributed by atoms with E-state index < -0.39 is 12.0 Å². The fourth-order valence-corrected chi connectivity index (χ4v) is 3.40. The van der Waals surface area contributed by atoms with E-state index in [2.05, 4.69) is 15.2 Å². The molecule has 1 aromatic carbocycles. The van der Waals surface area contributed by atoms with E-state index in [1.807, 2.05) is 0 Å². The number of carbonyl (C=O) groups is 1. The highest BCUT2D eigenvalue weighted by atomic mass is 32.1. The monoisotopic (exact) mass is 359 g/mol. The molecule has 3 heterocycles. The van der Waals surface area contributed by atoms with Gasteiger partial charge < -0.3 is 5.11 Å². The Labute approximate surface area is 143 Å². The van der Waals surface area contributed by atoms with Crippen molar-refractivity contribution in [3.63, 3.8) is 0 Å². The lowest BCUT2D eigenvalue weighted by Crippen LogP contribution is -2.34. The molecule has 0 spiro atoms. The molecule has 2 aromatic heterocycles. The summed E-state index contributed by atoms with van der Waals surface area (Å²) in [6.45, 7) is 0. The van der Waals surface area contributed by atoms with Gasteiger partial charge in [0.25, 0.3) is 5.56 Å². The van der Waals surface area contributed by atoms with Gasteiger partial charge in [-0.15, -0.1) is 0 Å². The number of hydrogen-bond acceptors (Lipinski definition) is 7. The standard InChI is InChI=1S/C15H10FN5O3S/c16-9-3-1-8(2-4-9)10-5-11(14(23)24)20(19-10)6-12-13(22)21-15(25-12)17-7-18-21/h1-4,6-7,11H,5H2,(H,23,24)/b12-6-/t11-/m0/s1. The molecule has 0 radical (unpaired) electrons. The number of carboxylic acid groups (broad SMARTS) is 1. The summed E-state index contributed by atoms with van der Waals surface area (Å²) < 4.78 is 14.5. The number of fused-ring (bicyclic) bond motifs is 1. The first-order valence-corrected chi connectivity index (χ1v) is 8.03. The number of thiazole rings is 1. The van der Waals surface area contributed by atoms with Crippen LogP contribution in [0.3, 0.4) is 0 Å². The first kappa shape index (κ1) is 15.4. The van der Waals surface area contributed by atoms with Crippen molar-refractivity contribution in [3.8, 4) is 0 Å². The van der Waals surface area contributed by atoms with Crippen molar-refractivity contribution in [2.45, 2.75) is 12.5 Å². The van der Waals surface area contributed by atoms with Crippen LogP contribution in [0.25, 0.3) is 11.2 Å². The molecule has 126 valence electrons. The quantitative estimate of drug-likeness (QED) is 0.722. The average molecular weight is 359 g/mol. The molecule has 25 heavy (non-hydrogen) atoms. The molecule has 1 aliphatic heterocycles. The number of hydrogen-bond donors (Lipinski definition) is 1. The van der Waals surface area contributed by atoms with Crippen LogP contribution in [0.5, 0.6) is 0 Å². The molecular weight excluding hydrogens is 349 g/mol. The molecule has 1 N–H and O–H groups in total. The number of aliphatic carboxylic acids is 1. The Morgan fingerprint density at radius 1 is 1.36 bits per heavy atom. The summed E-state index contributed by atoms with van der Waals surface area (Å²) in [4.78, 5) is 28.1. The number of benzene rings is 1. The summed E-state index contributed by atoms with van der Waals surface area (Å²) in [6, 6.07) is 4.71. The zero-order valence-electron chi connectivity index (χ0n) is 12.5. The van der Waals surface area contributed by atoms with Crippen molar-refractivity contribution in [1.29, 1.82) is 0 Å². The molecule has 8 nitrogen and oxygen atoms in total. The topological polar surface area (TPSA) is 100 Å². The van der Waals surface area contributed by atoms with Crippen LogP contribution in [0.2, 0.25) is 0 Å². The Morgan fingerprint density at radius 2 is 2.12 bits per heavy atom. The van der Waals surface area contributed by atoms with E-state index in [1.165, 1.54) is 29.7 Å². The van der Waals surface area contributed by atoms with Gasteiger partial charge in [-0.25, -0.2) is 14.2 Å². The summed E-state index contributed by atoms with van der Waals surface area (Å²) in [7, 11) is 0. The van der Waals surface area contributed by atoms with Gasteiger partial charge in [-0.2, -0.15) is 14.7 Å². The minimum Gasteiger partial charge on any atom is -0.480 e. The minimum atomic E-state index is -1.07. The van der Waals surface area contributed by atoms with E-state index in [0.717, 1.165) is 15.9 Å². The minimum absolute atomic E-state index is 0.145. The lowest BCUT2D eigenvalue weighted by atomic mass is 10.0. The van der Waals surface area contributed by atoms with E-state index in [1.54, 1.807) is 12.1 Å². The Kier molecular flexibility index (Phi) is 3.53. The lowest BCUT2D eigenvalue weighted by molar-refractivity contribution is -0.141. The van der Waals surface area contributed by atoms with Crippen molar-refractivity contribution in [2.75, 3.05) is 0 Å². The number of carboxylic acids is 1. The van der Waals surface area contributed by atoms with Crippen molar-refractivity contribution < 1.29 is 14.3 Å². The summed E-state index contributed by atoms with van der Waals surface area (Å²) in [5.41, 5.74) is 0.760. The average Bonchev–Trinajstić information content (AvgIpc) is 3.27. The SMILES string of the molecule is O=C(O)[C@@H]1CC(c2ccc(F)cc2)=NN1/C=c1\sc2ncnn2c1=O. The van der Waals surface area contributed by atoms with Crippen LogP contribution in [0.4, 0.5) is 4.39 Å². The summed E-state index contributed by atoms with van der Waals surface area (Å²) >= 11 is 1.10. The summed E-state index contributed by atoms with van der Waals surface area (Å²) in [5, 5.41) is 18.8. The largest absolute Gasteiger partial charge is 0.480 e. The second kappa shape index (κ2) is 5.74. The normalized spacial score (nSPS) is 18.1. The maximum absolute atomic E-state index is 13.1. The van der Waals surface area contributed by atoms with Crippen molar-refractivity contribution in [3.05, 3.63) is 56.9 Å². The highest BCUT2D eigenvalue weighted by Crippen LogP contribution is 2.21. The second-order valence-corrected chi connectivity index (χ2v) is 6.36. The Morgan fingerprint density at radius 3 is 2.80 bits per heavy atom. The molecule has 0 bridgehead atoms. The van der Waals surface area contributed by atoms with Crippen LogP contribution in [0.15, 0.2) is 40.5 Å². The van der Waals surface area contributed by atoms with Gasteiger partial charge in [-0.1, -0.05) is 23.5 Å². The van der Waals surface area contributed by atoms with Crippen LogP contribution < -0.4 is 10.1 Å². The van der Waals surface area contributed by atoms with Gasteiger partial charge in [0.05, 0.1) is 5.71 Å².